The minimum Gasteiger partial charge on any atom is -0.394 e. The van der Waals surface area contributed by atoms with E-state index < -0.39 is 23.3 Å². The molecule has 1 aromatic carbocycles. The van der Waals surface area contributed by atoms with E-state index in [1.807, 2.05) is 13.8 Å². The summed E-state index contributed by atoms with van der Waals surface area (Å²) in [5, 5.41) is 14.3. The normalized spacial score (nSPS) is 12.1. The summed E-state index contributed by atoms with van der Waals surface area (Å²) in [6.45, 7) is 3.38. The molecule has 118 valence electrons. The fourth-order valence-corrected chi connectivity index (χ4v) is 1.87. The minimum absolute atomic E-state index is 0.0429. The van der Waals surface area contributed by atoms with Gasteiger partial charge < -0.3 is 15.7 Å². The van der Waals surface area contributed by atoms with Crippen molar-refractivity contribution in [3.05, 3.63) is 29.8 Å². The van der Waals surface area contributed by atoms with Crippen molar-refractivity contribution in [3.8, 4) is 0 Å². The van der Waals surface area contributed by atoms with Crippen LogP contribution in [-0.4, -0.2) is 23.3 Å². The number of rotatable bonds is 5. The topological polar surface area (TPSA) is 61.4 Å². The van der Waals surface area contributed by atoms with Crippen LogP contribution in [0.1, 0.15) is 32.3 Å². The number of amides is 2. The van der Waals surface area contributed by atoms with Gasteiger partial charge in [-0.25, -0.2) is 4.79 Å². The van der Waals surface area contributed by atoms with Crippen LogP contribution in [0.25, 0.3) is 0 Å². The zero-order valence-corrected chi connectivity index (χ0v) is 11.9. The number of carbonyl (C=O) groups is 1. The molecule has 1 aromatic rings. The number of anilines is 1. The number of aliphatic hydroxyl groups is 1. The van der Waals surface area contributed by atoms with E-state index in [2.05, 4.69) is 10.6 Å². The number of hydrogen-bond acceptors (Lipinski definition) is 2. The molecule has 2 amide bonds. The lowest BCUT2D eigenvalue weighted by Gasteiger charge is -2.30. The van der Waals surface area contributed by atoms with Crippen molar-refractivity contribution in [2.45, 2.75) is 38.4 Å². The lowest BCUT2D eigenvalue weighted by molar-refractivity contribution is -0.137. The van der Waals surface area contributed by atoms with Crippen LogP contribution in [0.2, 0.25) is 0 Å². The Bertz CT molecular complexity index is 477. The molecule has 0 saturated carbocycles. The lowest BCUT2D eigenvalue weighted by Crippen LogP contribution is -2.52. The van der Waals surface area contributed by atoms with Crippen molar-refractivity contribution >= 4 is 11.7 Å². The van der Waals surface area contributed by atoms with Crippen LogP contribution in [0.4, 0.5) is 23.7 Å². The molecule has 1 rings (SSSR count). The van der Waals surface area contributed by atoms with Gasteiger partial charge in [-0.15, -0.1) is 0 Å². The highest BCUT2D eigenvalue weighted by Gasteiger charge is 2.31. The van der Waals surface area contributed by atoms with E-state index in [0.717, 1.165) is 12.1 Å². The predicted octanol–water partition coefficient (Wildman–Crippen LogP) is 3.38. The summed E-state index contributed by atoms with van der Waals surface area (Å²) < 4.78 is 37.7. The first kappa shape index (κ1) is 17.3. The molecule has 0 unspecified atom stereocenters. The number of benzene rings is 1. The Morgan fingerprint density at radius 2 is 1.86 bits per heavy atom. The van der Waals surface area contributed by atoms with Gasteiger partial charge >= 0.3 is 12.2 Å². The van der Waals surface area contributed by atoms with Crippen LogP contribution >= 0.6 is 0 Å². The molecular formula is C14H19F3N2O2. The third kappa shape index (κ3) is 4.63. The molecule has 0 spiro atoms. The van der Waals surface area contributed by atoms with Gasteiger partial charge in [-0.2, -0.15) is 13.2 Å². The molecule has 0 aromatic heterocycles. The zero-order valence-electron chi connectivity index (χ0n) is 11.9. The van der Waals surface area contributed by atoms with E-state index in [4.69, 9.17) is 0 Å². The van der Waals surface area contributed by atoms with Crippen molar-refractivity contribution in [2.75, 3.05) is 11.9 Å². The highest BCUT2D eigenvalue weighted by molar-refractivity contribution is 5.89. The maximum Gasteiger partial charge on any atom is 0.416 e. The Balaban J connectivity index is 2.80. The monoisotopic (exact) mass is 304 g/mol. The molecule has 0 saturated heterocycles. The second kappa shape index (κ2) is 6.80. The van der Waals surface area contributed by atoms with E-state index in [0.29, 0.717) is 12.8 Å². The molecule has 0 atom stereocenters. The summed E-state index contributed by atoms with van der Waals surface area (Å²) in [6, 6.07) is 3.73. The van der Waals surface area contributed by atoms with Crippen LogP contribution in [0.5, 0.6) is 0 Å². The zero-order chi connectivity index (χ0) is 16.1. The molecule has 4 nitrogen and oxygen atoms in total. The fraction of sp³-hybridized carbons (Fsp3) is 0.500. The third-order valence-corrected chi connectivity index (χ3v) is 3.48. The summed E-state index contributed by atoms with van der Waals surface area (Å²) in [5.41, 5.74) is -1.56. The van der Waals surface area contributed by atoms with E-state index in [1.165, 1.54) is 12.1 Å². The van der Waals surface area contributed by atoms with E-state index >= 15 is 0 Å². The number of aliphatic hydroxyl groups excluding tert-OH is 1. The molecule has 0 bridgehead atoms. The fourth-order valence-electron chi connectivity index (χ4n) is 1.87. The number of urea groups is 1. The highest BCUT2D eigenvalue weighted by atomic mass is 19.4. The van der Waals surface area contributed by atoms with Gasteiger partial charge in [0.15, 0.2) is 0 Å². The Morgan fingerprint density at radius 1 is 1.24 bits per heavy atom. The van der Waals surface area contributed by atoms with Gasteiger partial charge in [-0.1, -0.05) is 19.9 Å². The van der Waals surface area contributed by atoms with Gasteiger partial charge in [0.25, 0.3) is 0 Å². The SMILES string of the molecule is CCC(CC)(CO)NC(=O)Nc1cccc(C(F)(F)F)c1. The van der Waals surface area contributed by atoms with Gasteiger partial charge in [0.2, 0.25) is 0 Å². The van der Waals surface area contributed by atoms with Crippen molar-refractivity contribution in [2.24, 2.45) is 0 Å². The Labute approximate surface area is 121 Å². The van der Waals surface area contributed by atoms with Crippen LogP contribution in [0.15, 0.2) is 24.3 Å². The molecule has 0 aliphatic carbocycles. The molecule has 0 heterocycles. The molecule has 0 aliphatic rings. The van der Waals surface area contributed by atoms with Gasteiger partial charge in [-0.05, 0) is 31.0 Å². The number of alkyl halides is 3. The molecule has 7 heteroatoms. The second-order valence-electron chi connectivity index (χ2n) is 4.80. The number of nitrogens with one attached hydrogen (secondary N) is 2. The van der Waals surface area contributed by atoms with Gasteiger partial charge in [0, 0.05) is 5.69 Å². The van der Waals surface area contributed by atoms with E-state index in [1.54, 1.807) is 0 Å². The molecule has 0 aliphatic heterocycles. The molecule has 0 radical (unpaired) electrons. The average Bonchev–Trinajstić information content (AvgIpc) is 2.44. The van der Waals surface area contributed by atoms with Crippen molar-refractivity contribution in [1.82, 2.24) is 5.32 Å². The van der Waals surface area contributed by atoms with Crippen LogP contribution in [-0.2, 0) is 6.18 Å². The van der Waals surface area contributed by atoms with E-state index in [-0.39, 0.29) is 12.3 Å². The first-order chi connectivity index (χ1) is 9.76. The standard InChI is InChI=1S/C14H19F3N2O2/c1-3-13(4-2,9-20)19-12(21)18-11-7-5-6-10(8-11)14(15,16)17/h5-8,20H,3-4,9H2,1-2H3,(H2,18,19,21). The van der Waals surface area contributed by atoms with Gasteiger partial charge in [0.05, 0.1) is 17.7 Å². The quantitative estimate of drug-likeness (QED) is 0.781. The molecule has 21 heavy (non-hydrogen) atoms. The number of halogens is 3. The maximum absolute atomic E-state index is 12.6. The second-order valence-corrected chi connectivity index (χ2v) is 4.80. The number of carbonyl (C=O) groups excluding carboxylic acids is 1. The maximum atomic E-state index is 12.6. The average molecular weight is 304 g/mol. The smallest absolute Gasteiger partial charge is 0.394 e. The van der Waals surface area contributed by atoms with Gasteiger partial charge in [0.1, 0.15) is 0 Å². The number of hydrogen-bond donors (Lipinski definition) is 3. The molecule has 0 fully saturated rings. The van der Waals surface area contributed by atoms with Crippen molar-refractivity contribution < 1.29 is 23.1 Å². The summed E-state index contributed by atoms with van der Waals surface area (Å²) in [4.78, 5) is 11.9. The van der Waals surface area contributed by atoms with Crippen LogP contribution < -0.4 is 10.6 Å². The summed E-state index contributed by atoms with van der Waals surface area (Å²) in [6.07, 6.45) is -3.44. The first-order valence-electron chi connectivity index (χ1n) is 6.63. The molecular weight excluding hydrogens is 285 g/mol. The Hall–Kier alpha value is -1.76. The lowest BCUT2D eigenvalue weighted by atomic mass is 9.94. The van der Waals surface area contributed by atoms with Crippen LogP contribution in [0.3, 0.4) is 0 Å². The third-order valence-electron chi connectivity index (χ3n) is 3.48. The van der Waals surface area contributed by atoms with Crippen molar-refractivity contribution in [1.29, 1.82) is 0 Å². The summed E-state index contributed by atoms with van der Waals surface area (Å²) in [7, 11) is 0. The Kier molecular flexibility index (Phi) is 5.60. The van der Waals surface area contributed by atoms with Crippen molar-refractivity contribution in [3.63, 3.8) is 0 Å². The Morgan fingerprint density at radius 3 is 2.33 bits per heavy atom. The van der Waals surface area contributed by atoms with E-state index in [9.17, 15) is 23.1 Å². The largest absolute Gasteiger partial charge is 0.416 e. The predicted molar refractivity (Wildman–Crippen MR) is 74.0 cm³/mol. The summed E-state index contributed by atoms with van der Waals surface area (Å²) >= 11 is 0. The van der Waals surface area contributed by atoms with Gasteiger partial charge in [-0.3, -0.25) is 0 Å². The first-order valence-corrected chi connectivity index (χ1v) is 6.63. The summed E-state index contributed by atoms with van der Waals surface area (Å²) in [5.74, 6) is 0. The van der Waals surface area contributed by atoms with Crippen LogP contribution in [0, 0.1) is 0 Å². The highest BCUT2D eigenvalue weighted by Crippen LogP contribution is 2.30. The molecule has 3 N–H and O–H groups in total. The minimum atomic E-state index is -4.46.